The van der Waals surface area contributed by atoms with Crippen LogP contribution < -0.4 is 56.5 Å². The van der Waals surface area contributed by atoms with Crippen LogP contribution >= 0.6 is 0 Å². The standard InChI is InChI=1S/C6H13O2.K/c1-3-8-6(2)4-5-7;/h6H,3-5H2,1-2H3;/q-1;+1. The topological polar surface area (TPSA) is 32.3 Å². The molecule has 0 aliphatic carbocycles. The van der Waals surface area contributed by atoms with Crippen LogP contribution in [-0.2, 0) is 4.74 Å². The van der Waals surface area contributed by atoms with Gasteiger partial charge in [-0.25, -0.2) is 0 Å². The van der Waals surface area contributed by atoms with Gasteiger partial charge in [0, 0.05) is 6.61 Å². The van der Waals surface area contributed by atoms with E-state index < -0.39 is 0 Å². The minimum Gasteiger partial charge on any atom is -0.854 e. The van der Waals surface area contributed by atoms with Gasteiger partial charge in [-0.15, -0.1) is 6.61 Å². The molecule has 0 saturated heterocycles. The smallest absolute Gasteiger partial charge is 0.854 e. The quantitative estimate of drug-likeness (QED) is 0.411. The fourth-order valence-electron chi connectivity index (χ4n) is 0.534. The summed E-state index contributed by atoms with van der Waals surface area (Å²) in [5, 5.41) is 9.94. The minimum absolute atomic E-state index is 0. The summed E-state index contributed by atoms with van der Waals surface area (Å²) in [6, 6.07) is 0. The average Bonchev–Trinajstić information content (AvgIpc) is 1.68. The van der Waals surface area contributed by atoms with Crippen molar-refractivity contribution in [3.05, 3.63) is 0 Å². The first-order chi connectivity index (χ1) is 3.81. The Morgan fingerprint density at radius 3 is 2.44 bits per heavy atom. The molecule has 0 aromatic heterocycles. The predicted molar refractivity (Wildman–Crippen MR) is 30.6 cm³/mol. The van der Waals surface area contributed by atoms with Gasteiger partial charge in [-0.2, -0.15) is 0 Å². The van der Waals surface area contributed by atoms with Crippen molar-refractivity contribution in [2.24, 2.45) is 0 Å². The van der Waals surface area contributed by atoms with E-state index in [1.54, 1.807) is 0 Å². The van der Waals surface area contributed by atoms with Gasteiger partial charge in [0.25, 0.3) is 0 Å². The molecule has 0 spiro atoms. The SMILES string of the molecule is CCOC(C)CC[O-].[K+]. The van der Waals surface area contributed by atoms with E-state index in [4.69, 9.17) is 4.74 Å². The second kappa shape index (κ2) is 9.56. The van der Waals surface area contributed by atoms with E-state index in [1.807, 2.05) is 13.8 Å². The number of hydrogen-bond donors (Lipinski definition) is 0. The zero-order valence-electron chi connectivity index (χ0n) is 6.52. The van der Waals surface area contributed by atoms with Crippen LogP contribution in [-0.4, -0.2) is 19.3 Å². The molecule has 3 heteroatoms. The minimum atomic E-state index is -0.0266. The number of rotatable bonds is 4. The number of hydrogen-bond acceptors (Lipinski definition) is 2. The molecule has 0 N–H and O–H groups in total. The summed E-state index contributed by atoms with van der Waals surface area (Å²) in [7, 11) is 0. The fourth-order valence-corrected chi connectivity index (χ4v) is 0.534. The molecule has 9 heavy (non-hydrogen) atoms. The fraction of sp³-hybridized carbons (Fsp3) is 1.00. The zero-order valence-corrected chi connectivity index (χ0v) is 9.64. The second-order valence-electron chi connectivity index (χ2n) is 1.76. The molecule has 0 fully saturated rings. The van der Waals surface area contributed by atoms with E-state index in [0.29, 0.717) is 13.0 Å². The van der Waals surface area contributed by atoms with Crippen LogP contribution in [0, 0.1) is 0 Å². The first kappa shape index (κ1) is 13.2. The molecule has 0 heterocycles. The predicted octanol–water partition coefficient (Wildman–Crippen LogP) is -2.83. The van der Waals surface area contributed by atoms with Crippen molar-refractivity contribution >= 4 is 0 Å². The normalized spacial score (nSPS) is 12.3. The van der Waals surface area contributed by atoms with Crippen LogP contribution in [0.5, 0.6) is 0 Å². The van der Waals surface area contributed by atoms with Gasteiger partial charge in [-0.3, -0.25) is 0 Å². The van der Waals surface area contributed by atoms with Gasteiger partial charge in [0.1, 0.15) is 0 Å². The second-order valence-corrected chi connectivity index (χ2v) is 1.76. The maximum Gasteiger partial charge on any atom is 1.00 e. The molecular formula is C6H13KO2. The summed E-state index contributed by atoms with van der Waals surface area (Å²) in [4.78, 5) is 0. The van der Waals surface area contributed by atoms with Gasteiger partial charge in [-0.05, 0) is 20.3 Å². The molecule has 0 aromatic rings. The molecule has 0 bridgehead atoms. The summed E-state index contributed by atoms with van der Waals surface area (Å²) in [5.41, 5.74) is 0. The Labute approximate surface area is 99.4 Å². The summed E-state index contributed by atoms with van der Waals surface area (Å²) < 4.78 is 5.08. The summed E-state index contributed by atoms with van der Waals surface area (Å²) in [6.07, 6.45) is 0.783. The van der Waals surface area contributed by atoms with Crippen molar-refractivity contribution in [3.63, 3.8) is 0 Å². The third-order valence-corrected chi connectivity index (χ3v) is 0.976. The third kappa shape index (κ3) is 9.56. The van der Waals surface area contributed by atoms with Gasteiger partial charge in [0.2, 0.25) is 0 Å². The van der Waals surface area contributed by atoms with Gasteiger partial charge >= 0.3 is 51.4 Å². The van der Waals surface area contributed by atoms with Gasteiger partial charge < -0.3 is 9.84 Å². The van der Waals surface area contributed by atoms with Crippen molar-refractivity contribution in [1.29, 1.82) is 0 Å². The molecule has 50 valence electrons. The Bertz CT molecular complexity index is 44.3. The molecule has 1 unspecified atom stereocenters. The Kier molecular flexibility index (Phi) is 14.0. The Morgan fingerprint density at radius 2 is 2.11 bits per heavy atom. The number of ether oxygens (including phenoxy) is 1. The molecular weight excluding hydrogens is 143 g/mol. The molecule has 0 aliphatic rings. The first-order valence-corrected chi connectivity index (χ1v) is 3.01. The van der Waals surface area contributed by atoms with Crippen molar-refractivity contribution in [1.82, 2.24) is 0 Å². The van der Waals surface area contributed by atoms with Crippen molar-refractivity contribution in [3.8, 4) is 0 Å². The van der Waals surface area contributed by atoms with Crippen LogP contribution in [0.4, 0.5) is 0 Å². The summed E-state index contributed by atoms with van der Waals surface area (Å²) in [5.74, 6) is 0. The maximum atomic E-state index is 9.94. The van der Waals surface area contributed by atoms with E-state index in [9.17, 15) is 5.11 Å². The van der Waals surface area contributed by atoms with E-state index in [2.05, 4.69) is 0 Å². The third-order valence-electron chi connectivity index (χ3n) is 0.976. The molecule has 0 saturated carbocycles. The Morgan fingerprint density at radius 1 is 1.56 bits per heavy atom. The Balaban J connectivity index is 0. The van der Waals surface area contributed by atoms with Gasteiger partial charge in [0.15, 0.2) is 0 Å². The van der Waals surface area contributed by atoms with Gasteiger partial charge in [0.05, 0.1) is 6.10 Å². The average molecular weight is 156 g/mol. The van der Waals surface area contributed by atoms with Crippen LogP contribution in [0.3, 0.4) is 0 Å². The monoisotopic (exact) mass is 156 g/mol. The maximum absolute atomic E-state index is 9.94. The molecule has 0 aliphatic heterocycles. The zero-order chi connectivity index (χ0) is 6.41. The molecule has 0 rings (SSSR count). The Hall–Kier alpha value is 1.56. The van der Waals surface area contributed by atoms with Crippen molar-refractivity contribution in [2.75, 3.05) is 13.2 Å². The first-order valence-electron chi connectivity index (χ1n) is 3.01. The van der Waals surface area contributed by atoms with E-state index >= 15 is 0 Å². The largest absolute Gasteiger partial charge is 1.00 e. The molecule has 0 amide bonds. The molecule has 0 radical (unpaired) electrons. The molecule has 0 aromatic carbocycles. The molecule has 2 nitrogen and oxygen atoms in total. The van der Waals surface area contributed by atoms with Crippen LogP contribution in [0.1, 0.15) is 20.3 Å². The summed E-state index contributed by atoms with van der Waals surface area (Å²) >= 11 is 0. The van der Waals surface area contributed by atoms with Crippen LogP contribution in [0.15, 0.2) is 0 Å². The van der Waals surface area contributed by atoms with Crippen LogP contribution in [0.25, 0.3) is 0 Å². The molecule has 1 atom stereocenters. The summed E-state index contributed by atoms with van der Waals surface area (Å²) in [6.45, 7) is 4.53. The van der Waals surface area contributed by atoms with Gasteiger partial charge in [-0.1, -0.05) is 0 Å². The van der Waals surface area contributed by atoms with E-state index in [0.717, 1.165) is 0 Å². The van der Waals surface area contributed by atoms with E-state index in [-0.39, 0.29) is 64.1 Å². The van der Waals surface area contributed by atoms with Crippen molar-refractivity contribution in [2.45, 2.75) is 26.4 Å². The van der Waals surface area contributed by atoms with Crippen LogP contribution in [0.2, 0.25) is 0 Å². The van der Waals surface area contributed by atoms with Crippen molar-refractivity contribution < 1.29 is 61.2 Å². The van der Waals surface area contributed by atoms with E-state index in [1.165, 1.54) is 0 Å².